The standard InChI is InChI=1S/C13H20N2O/c1-13(2)11(7-12(13)16-3)15-9-10-5-4-6-14-8-10/h4-6,8,11-12,15H,7,9H2,1-3H3. The minimum atomic E-state index is 0.233. The van der Waals surface area contributed by atoms with Crippen molar-refractivity contribution in [1.82, 2.24) is 10.3 Å². The largest absolute Gasteiger partial charge is 0.381 e. The lowest BCUT2D eigenvalue weighted by Gasteiger charge is -2.51. The summed E-state index contributed by atoms with van der Waals surface area (Å²) in [6, 6.07) is 4.61. The van der Waals surface area contributed by atoms with Gasteiger partial charge in [-0.2, -0.15) is 0 Å². The molecule has 1 aromatic rings. The first kappa shape index (κ1) is 11.6. The van der Waals surface area contributed by atoms with Gasteiger partial charge in [0.05, 0.1) is 6.10 Å². The van der Waals surface area contributed by atoms with Crippen molar-refractivity contribution in [3.05, 3.63) is 30.1 Å². The summed E-state index contributed by atoms with van der Waals surface area (Å²) in [7, 11) is 1.80. The monoisotopic (exact) mass is 220 g/mol. The second kappa shape index (κ2) is 4.52. The molecule has 16 heavy (non-hydrogen) atoms. The smallest absolute Gasteiger partial charge is 0.0652 e. The molecule has 0 saturated heterocycles. The Labute approximate surface area is 97.2 Å². The number of nitrogens with zero attached hydrogens (tertiary/aromatic N) is 1. The molecular formula is C13H20N2O. The van der Waals surface area contributed by atoms with E-state index in [2.05, 4.69) is 30.2 Å². The van der Waals surface area contributed by atoms with E-state index in [1.165, 1.54) is 5.56 Å². The summed E-state index contributed by atoms with van der Waals surface area (Å²) in [5.41, 5.74) is 1.47. The molecule has 0 aromatic carbocycles. The molecule has 3 nitrogen and oxygen atoms in total. The van der Waals surface area contributed by atoms with Crippen molar-refractivity contribution in [3.8, 4) is 0 Å². The van der Waals surface area contributed by atoms with Crippen LogP contribution in [-0.2, 0) is 11.3 Å². The van der Waals surface area contributed by atoms with Gasteiger partial charge in [-0.15, -0.1) is 0 Å². The predicted octanol–water partition coefficient (Wildman–Crippen LogP) is 1.98. The molecule has 0 spiro atoms. The Bertz CT molecular complexity index is 337. The van der Waals surface area contributed by atoms with Gasteiger partial charge < -0.3 is 10.1 Å². The van der Waals surface area contributed by atoms with Crippen LogP contribution in [0.4, 0.5) is 0 Å². The Morgan fingerprint density at radius 1 is 1.56 bits per heavy atom. The zero-order valence-corrected chi connectivity index (χ0v) is 10.2. The van der Waals surface area contributed by atoms with Crippen molar-refractivity contribution in [2.24, 2.45) is 5.41 Å². The summed E-state index contributed by atoms with van der Waals surface area (Å²) < 4.78 is 5.43. The fourth-order valence-corrected chi connectivity index (χ4v) is 2.38. The number of hydrogen-bond donors (Lipinski definition) is 1. The lowest BCUT2D eigenvalue weighted by molar-refractivity contribution is -0.0979. The molecule has 1 heterocycles. The zero-order valence-electron chi connectivity index (χ0n) is 10.2. The van der Waals surface area contributed by atoms with Gasteiger partial charge in [0.25, 0.3) is 0 Å². The SMILES string of the molecule is COC1CC(NCc2cccnc2)C1(C)C. The van der Waals surface area contributed by atoms with Crippen LogP contribution in [0.25, 0.3) is 0 Å². The van der Waals surface area contributed by atoms with Crippen LogP contribution in [0.1, 0.15) is 25.8 Å². The number of pyridine rings is 1. The molecule has 0 bridgehead atoms. The van der Waals surface area contributed by atoms with E-state index in [1.807, 2.05) is 12.3 Å². The van der Waals surface area contributed by atoms with E-state index in [9.17, 15) is 0 Å². The average Bonchev–Trinajstić information content (AvgIpc) is 2.29. The number of ether oxygens (including phenoxy) is 1. The third kappa shape index (κ3) is 2.11. The Morgan fingerprint density at radius 3 is 2.94 bits per heavy atom. The molecule has 1 aromatic heterocycles. The molecule has 0 aliphatic heterocycles. The van der Waals surface area contributed by atoms with Gasteiger partial charge in [0.2, 0.25) is 0 Å². The maximum Gasteiger partial charge on any atom is 0.0652 e. The third-order valence-electron chi connectivity index (χ3n) is 3.74. The topological polar surface area (TPSA) is 34.1 Å². The molecule has 2 unspecified atom stereocenters. The van der Waals surface area contributed by atoms with Crippen molar-refractivity contribution in [1.29, 1.82) is 0 Å². The van der Waals surface area contributed by atoms with E-state index >= 15 is 0 Å². The normalized spacial score (nSPS) is 27.4. The molecule has 1 fully saturated rings. The third-order valence-corrected chi connectivity index (χ3v) is 3.74. The highest BCUT2D eigenvalue weighted by Crippen LogP contribution is 2.42. The van der Waals surface area contributed by atoms with Crippen LogP contribution in [0.2, 0.25) is 0 Å². The number of hydrogen-bond acceptors (Lipinski definition) is 3. The summed E-state index contributed by atoms with van der Waals surface area (Å²) >= 11 is 0. The highest BCUT2D eigenvalue weighted by atomic mass is 16.5. The van der Waals surface area contributed by atoms with Crippen LogP contribution >= 0.6 is 0 Å². The Kier molecular flexibility index (Phi) is 3.26. The van der Waals surface area contributed by atoms with Gasteiger partial charge in [-0.3, -0.25) is 4.98 Å². The average molecular weight is 220 g/mol. The number of aromatic nitrogens is 1. The molecule has 0 radical (unpaired) electrons. The van der Waals surface area contributed by atoms with Crippen LogP contribution in [0.5, 0.6) is 0 Å². The second-order valence-electron chi connectivity index (χ2n) is 5.08. The lowest BCUT2D eigenvalue weighted by Crippen LogP contribution is -2.60. The minimum Gasteiger partial charge on any atom is -0.381 e. The van der Waals surface area contributed by atoms with Gasteiger partial charge in [-0.05, 0) is 18.1 Å². The highest BCUT2D eigenvalue weighted by Gasteiger charge is 2.48. The molecule has 2 atom stereocenters. The summed E-state index contributed by atoms with van der Waals surface area (Å²) in [6.07, 6.45) is 5.20. The van der Waals surface area contributed by atoms with E-state index < -0.39 is 0 Å². The molecule has 1 N–H and O–H groups in total. The summed E-state index contributed by atoms with van der Waals surface area (Å²) in [5, 5.41) is 3.57. The van der Waals surface area contributed by atoms with Crippen molar-refractivity contribution < 1.29 is 4.74 Å². The van der Waals surface area contributed by atoms with Crippen molar-refractivity contribution in [2.45, 2.75) is 39.0 Å². The van der Waals surface area contributed by atoms with Crippen molar-refractivity contribution in [3.63, 3.8) is 0 Å². The van der Waals surface area contributed by atoms with E-state index in [-0.39, 0.29) is 5.41 Å². The maximum absolute atomic E-state index is 5.43. The molecule has 2 rings (SSSR count). The van der Waals surface area contributed by atoms with E-state index in [1.54, 1.807) is 13.3 Å². The summed E-state index contributed by atoms with van der Waals surface area (Å²) in [4.78, 5) is 4.11. The Balaban J connectivity index is 1.85. The van der Waals surface area contributed by atoms with Crippen LogP contribution in [-0.4, -0.2) is 24.2 Å². The van der Waals surface area contributed by atoms with Crippen LogP contribution in [0.15, 0.2) is 24.5 Å². The molecule has 1 aliphatic rings. The van der Waals surface area contributed by atoms with Gasteiger partial charge in [-0.25, -0.2) is 0 Å². The summed E-state index contributed by atoms with van der Waals surface area (Å²) in [5.74, 6) is 0. The second-order valence-corrected chi connectivity index (χ2v) is 5.08. The molecule has 1 aliphatic carbocycles. The van der Waals surface area contributed by atoms with Crippen molar-refractivity contribution in [2.75, 3.05) is 7.11 Å². The van der Waals surface area contributed by atoms with Gasteiger partial charge >= 0.3 is 0 Å². The van der Waals surface area contributed by atoms with E-state index in [0.29, 0.717) is 12.1 Å². The fraction of sp³-hybridized carbons (Fsp3) is 0.615. The van der Waals surface area contributed by atoms with Crippen LogP contribution in [0.3, 0.4) is 0 Å². The Hall–Kier alpha value is -0.930. The molecule has 1 saturated carbocycles. The first-order valence-corrected chi connectivity index (χ1v) is 5.79. The molecule has 0 amide bonds. The van der Waals surface area contributed by atoms with Gasteiger partial charge in [-0.1, -0.05) is 19.9 Å². The quantitative estimate of drug-likeness (QED) is 0.842. The summed E-state index contributed by atoms with van der Waals surface area (Å²) in [6.45, 7) is 5.40. The zero-order chi connectivity index (χ0) is 11.6. The van der Waals surface area contributed by atoms with E-state index in [0.717, 1.165) is 13.0 Å². The van der Waals surface area contributed by atoms with Gasteiger partial charge in [0.1, 0.15) is 0 Å². The fourth-order valence-electron chi connectivity index (χ4n) is 2.38. The van der Waals surface area contributed by atoms with Crippen LogP contribution in [0, 0.1) is 5.41 Å². The first-order valence-electron chi connectivity index (χ1n) is 5.79. The van der Waals surface area contributed by atoms with E-state index in [4.69, 9.17) is 4.74 Å². The first-order chi connectivity index (χ1) is 7.64. The number of methoxy groups -OCH3 is 1. The predicted molar refractivity (Wildman–Crippen MR) is 64.1 cm³/mol. The van der Waals surface area contributed by atoms with Crippen LogP contribution < -0.4 is 5.32 Å². The number of nitrogens with one attached hydrogen (secondary N) is 1. The van der Waals surface area contributed by atoms with Gasteiger partial charge in [0, 0.05) is 37.5 Å². The van der Waals surface area contributed by atoms with Gasteiger partial charge in [0.15, 0.2) is 0 Å². The molecule has 88 valence electrons. The maximum atomic E-state index is 5.43. The lowest BCUT2D eigenvalue weighted by atomic mass is 9.64. The minimum absolute atomic E-state index is 0.233. The molecule has 3 heteroatoms. The Morgan fingerprint density at radius 2 is 2.38 bits per heavy atom. The number of rotatable bonds is 4. The highest BCUT2D eigenvalue weighted by molar-refractivity contribution is 5.10. The molecular weight excluding hydrogens is 200 g/mol. The van der Waals surface area contributed by atoms with Crippen molar-refractivity contribution >= 4 is 0 Å².